The number of fused-ring (bicyclic) bond motifs is 1. The summed E-state index contributed by atoms with van der Waals surface area (Å²) in [4.78, 5) is 17.5. The number of aliphatic imine (C=N–C) groups is 1. The molecular weight excluding hydrogens is 500 g/mol. The van der Waals surface area contributed by atoms with Crippen LogP contribution in [0.25, 0.3) is 6.08 Å². The van der Waals surface area contributed by atoms with E-state index in [4.69, 9.17) is 4.99 Å². The molecule has 1 aliphatic heterocycles. The van der Waals surface area contributed by atoms with Crippen LogP contribution in [0.15, 0.2) is 124 Å². The maximum Gasteiger partial charge on any atom is 0.332 e. The first-order valence-corrected chi connectivity index (χ1v) is 12.1. The summed E-state index contributed by atoms with van der Waals surface area (Å²) in [5.74, 6) is -0.382. The average molecular weight is 523 g/mol. The van der Waals surface area contributed by atoms with Crippen molar-refractivity contribution < 1.29 is 9.90 Å². The van der Waals surface area contributed by atoms with Gasteiger partial charge >= 0.3 is 5.97 Å². The molecule has 0 aliphatic carbocycles. The number of carboxylic acid groups (broad SMARTS) is 1. The summed E-state index contributed by atoms with van der Waals surface area (Å²) in [5.41, 5.74) is 3.98. The van der Waals surface area contributed by atoms with Gasteiger partial charge in [0, 0.05) is 22.2 Å². The molecule has 0 unspecified atom stereocenters. The van der Waals surface area contributed by atoms with E-state index in [0.29, 0.717) is 5.84 Å². The van der Waals surface area contributed by atoms with E-state index in [1.165, 1.54) is 0 Å². The van der Waals surface area contributed by atoms with E-state index in [1.807, 2.05) is 72.8 Å². The van der Waals surface area contributed by atoms with E-state index < -0.39 is 11.5 Å². The van der Waals surface area contributed by atoms with Crippen molar-refractivity contribution in [2.75, 3.05) is 5.32 Å². The first kappa shape index (κ1) is 22.8. The van der Waals surface area contributed by atoms with Crippen molar-refractivity contribution in [3.05, 3.63) is 141 Å². The van der Waals surface area contributed by atoms with Crippen molar-refractivity contribution in [1.82, 2.24) is 0 Å². The first-order valence-electron chi connectivity index (χ1n) is 11.3. The number of nitrogens with one attached hydrogen (secondary N) is 1. The molecule has 4 nitrogen and oxygen atoms in total. The van der Waals surface area contributed by atoms with Gasteiger partial charge in [0.25, 0.3) is 0 Å². The Balaban J connectivity index is 1.80. The molecule has 0 spiro atoms. The number of benzene rings is 4. The number of nitrogens with zero attached hydrogens (tertiary/aromatic N) is 1. The van der Waals surface area contributed by atoms with Gasteiger partial charge in [0.2, 0.25) is 0 Å². The molecular formula is C30H23BrN2O2. The number of hydrogen-bond donors (Lipinski definition) is 2. The van der Waals surface area contributed by atoms with Crippen molar-refractivity contribution >= 4 is 39.5 Å². The molecule has 35 heavy (non-hydrogen) atoms. The zero-order valence-corrected chi connectivity index (χ0v) is 20.4. The lowest BCUT2D eigenvalue weighted by molar-refractivity contribution is -0.132. The monoisotopic (exact) mass is 522 g/mol. The predicted octanol–water partition coefficient (Wildman–Crippen LogP) is 7.12. The fourth-order valence-electron chi connectivity index (χ4n) is 4.52. The van der Waals surface area contributed by atoms with E-state index >= 15 is 0 Å². The average Bonchev–Trinajstić information content (AvgIpc) is 3.07. The number of anilines is 1. The summed E-state index contributed by atoms with van der Waals surface area (Å²) in [6.07, 6.45) is 1.88. The standard InChI is InChI=1S/C30H23BrN2O2/c31-26-17-16-21-18-22(29(34)35)19-28(32-27(21)20-26)33-30(23-10-4-1-5-11-23,24-12-6-2-7-13-24)25-14-8-3-9-15-25/h1-18,20H,19H2,(H,32,33)(H,34,35). The van der Waals surface area contributed by atoms with E-state index in [0.717, 1.165) is 32.4 Å². The van der Waals surface area contributed by atoms with Gasteiger partial charge in [-0.15, -0.1) is 0 Å². The summed E-state index contributed by atoms with van der Waals surface area (Å²) < 4.78 is 0.899. The van der Waals surface area contributed by atoms with Gasteiger partial charge in [-0.3, -0.25) is 4.99 Å². The van der Waals surface area contributed by atoms with Gasteiger partial charge in [0.05, 0.1) is 0 Å². The highest BCUT2D eigenvalue weighted by atomic mass is 79.9. The quantitative estimate of drug-likeness (QED) is 0.274. The topological polar surface area (TPSA) is 61.7 Å². The Kier molecular flexibility index (Phi) is 6.34. The smallest absolute Gasteiger partial charge is 0.332 e. The zero-order chi connectivity index (χ0) is 24.3. The lowest BCUT2D eigenvalue weighted by atomic mass is 9.77. The SMILES string of the molecule is O=C(O)C1=Cc2ccc(Br)cc2NC(=NC(c2ccccc2)(c2ccccc2)c2ccccc2)C1. The largest absolute Gasteiger partial charge is 0.478 e. The van der Waals surface area contributed by atoms with Crippen molar-refractivity contribution in [3.63, 3.8) is 0 Å². The normalized spacial score (nSPS) is 14.4. The molecule has 1 aliphatic rings. The Hall–Kier alpha value is -3.96. The van der Waals surface area contributed by atoms with Crippen LogP contribution < -0.4 is 5.32 Å². The lowest BCUT2D eigenvalue weighted by Gasteiger charge is -2.33. The number of carbonyl (C=O) groups is 1. The highest BCUT2D eigenvalue weighted by Crippen LogP contribution is 2.41. The van der Waals surface area contributed by atoms with Crippen LogP contribution in [0.3, 0.4) is 0 Å². The van der Waals surface area contributed by atoms with Gasteiger partial charge < -0.3 is 10.4 Å². The van der Waals surface area contributed by atoms with Crippen molar-refractivity contribution in [1.29, 1.82) is 0 Å². The van der Waals surface area contributed by atoms with Gasteiger partial charge in [-0.1, -0.05) is 113 Å². The van der Waals surface area contributed by atoms with Crippen LogP contribution in [-0.4, -0.2) is 16.9 Å². The number of rotatable bonds is 5. The maximum atomic E-state index is 12.1. The van der Waals surface area contributed by atoms with E-state index in [-0.39, 0.29) is 12.0 Å². The second-order valence-electron chi connectivity index (χ2n) is 8.38. The summed E-state index contributed by atoms with van der Waals surface area (Å²) in [7, 11) is 0. The van der Waals surface area contributed by atoms with Crippen LogP contribution in [0.5, 0.6) is 0 Å². The van der Waals surface area contributed by atoms with E-state index in [2.05, 4.69) is 57.6 Å². The molecule has 0 radical (unpaired) electrons. The van der Waals surface area contributed by atoms with Crippen LogP contribution in [0.1, 0.15) is 28.7 Å². The minimum Gasteiger partial charge on any atom is -0.478 e. The lowest BCUT2D eigenvalue weighted by Crippen LogP contribution is -2.30. The fourth-order valence-corrected chi connectivity index (χ4v) is 4.88. The summed E-state index contributed by atoms with van der Waals surface area (Å²) in [6.45, 7) is 0. The van der Waals surface area contributed by atoms with Gasteiger partial charge in [-0.05, 0) is 40.5 Å². The molecule has 0 saturated carbocycles. The molecule has 0 aromatic heterocycles. The second kappa shape index (κ2) is 9.72. The molecule has 5 heteroatoms. The Bertz CT molecular complexity index is 1320. The molecule has 4 aromatic carbocycles. The zero-order valence-electron chi connectivity index (χ0n) is 18.9. The minimum atomic E-state index is -0.958. The second-order valence-corrected chi connectivity index (χ2v) is 9.29. The van der Waals surface area contributed by atoms with Gasteiger partial charge in [-0.2, -0.15) is 0 Å². The third kappa shape index (κ3) is 4.55. The Morgan fingerprint density at radius 2 is 1.31 bits per heavy atom. The van der Waals surface area contributed by atoms with Gasteiger partial charge in [0.1, 0.15) is 11.4 Å². The van der Waals surface area contributed by atoms with Crippen LogP contribution >= 0.6 is 15.9 Å². The summed E-state index contributed by atoms with van der Waals surface area (Å²) >= 11 is 3.53. The first-order chi connectivity index (χ1) is 17.1. The molecule has 0 atom stereocenters. The fraction of sp³-hybridized carbons (Fsp3) is 0.0667. The number of hydrogen-bond acceptors (Lipinski definition) is 2. The van der Waals surface area contributed by atoms with E-state index in [9.17, 15) is 9.90 Å². The maximum absolute atomic E-state index is 12.1. The molecule has 172 valence electrons. The van der Waals surface area contributed by atoms with E-state index in [1.54, 1.807) is 6.08 Å². The highest BCUT2D eigenvalue weighted by Gasteiger charge is 2.37. The molecule has 1 heterocycles. The van der Waals surface area contributed by atoms with Crippen molar-refractivity contribution in [2.24, 2.45) is 4.99 Å². The molecule has 0 fully saturated rings. The van der Waals surface area contributed by atoms with Crippen LogP contribution in [-0.2, 0) is 10.3 Å². The Labute approximate surface area is 212 Å². The summed E-state index contributed by atoms with van der Waals surface area (Å²) in [6, 6.07) is 36.2. The van der Waals surface area contributed by atoms with Crippen LogP contribution in [0.4, 0.5) is 5.69 Å². The molecule has 4 aromatic rings. The highest BCUT2D eigenvalue weighted by molar-refractivity contribution is 9.10. The summed E-state index contributed by atoms with van der Waals surface area (Å²) in [5, 5.41) is 13.4. The molecule has 0 saturated heterocycles. The Morgan fingerprint density at radius 3 is 1.80 bits per heavy atom. The minimum absolute atomic E-state index is 0.163. The van der Waals surface area contributed by atoms with Gasteiger partial charge in [0.15, 0.2) is 0 Å². The Morgan fingerprint density at radius 1 is 0.800 bits per heavy atom. The molecule has 0 bridgehead atoms. The van der Waals surface area contributed by atoms with Gasteiger partial charge in [-0.25, -0.2) is 4.79 Å². The van der Waals surface area contributed by atoms with Crippen LogP contribution in [0, 0.1) is 0 Å². The number of carboxylic acids is 1. The third-order valence-electron chi connectivity index (χ3n) is 6.13. The number of halogens is 1. The molecule has 0 amide bonds. The molecule has 2 N–H and O–H groups in total. The van der Waals surface area contributed by atoms with Crippen LogP contribution in [0.2, 0.25) is 0 Å². The number of aliphatic carboxylic acids is 1. The van der Waals surface area contributed by atoms with Crippen molar-refractivity contribution in [3.8, 4) is 0 Å². The molecule has 5 rings (SSSR count). The number of amidine groups is 1. The predicted molar refractivity (Wildman–Crippen MR) is 145 cm³/mol. The van der Waals surface area contributed by atoms with Crippen molar-refractivity contribution in [2.45, 2.75) is 12.0 Å². The third-order valence-corrected chi connectivity index (χ3v) is 6.63.